The second-order valence-corrected chi connectivity index (χ2v) is 6.35. The van der Waals surface area contributed by atoms with Crippen LogP contribution in [0.3, 0.4) is 0 Å². The second kappa shape index (κ2) is 6.17. The number of halogens is 2. The Morgan fingerprint density at radius 1 is 1.22 bits per heavy atom. The van der Waals surface area contributed by atoms with Gasteiger partial charge in [-0.2, -0.15) is 0 Å². The summed E-state index contributed by atoms with van der Waals surface area (Å²) in [6.07, 6.45) is 4.04. The third-order valence-corrected chi connectivity index (χ3v) is 4.69. The fourth-order valence-electron chi connectivity index (χ4n) is 2.32. The minimum atomic E-state index is -0.0715. The van der Waals surface area contributed by atoms with Crippen molar-refractivity contribution in [1.29, 1.82) is 0 Å². The van der Waals surface area contributed by atoms with Crippen LogP contribution in [0.4, 0.5) is 5.69 Å². The van der Waals surface area contributed by atoms with Gasteiger partial charge in [-0.1, -0.05) is 18.9 Å². The minimum absolute atomic E-state index is 0.0139. The summed E-state index contributed by atoms with van der Waals surface area (Å²) in [6.45, 7) is 0. The zero-order valence-corrected chi connectivity index (χ0v) is 13.1. The van der Waals surface area contributed by atoms with E-state index in [9.17, 15) is 4.79 Å². The van der Waals surface area contributed by atoms with Crippen LogP contribution in [0.2, 0.25) is 0 Å². The molecule has 18 heavy (non-hydrogen) atoms. The van der Waals surface area contributed by atoms with E-state index < -0.39 is 0 Å². The van der Waals surface area contributed by atoms with Gasteiger partial charge in [0.25, 0.3) is 0 Å². The Labute approximate surface area is 124 Å². The number of carbonyl (C=O) groups excluding carboxylic acids is 1. The minimum Gasteiger partial charge on any atom is -0.327 e. The summed E-state index contributed by atoms with van der Waals surface area (Å²) >= 11 is 6.88. The van der Waals surface area contributed by atoms with Crippen molar-refractivity contribution >= 4 is 43.5 Å². The van der Waals surface area contributed by atoms with Gasteiger partial charge in [0, 0.05) is 15.0 Å². The van der Waals surface area contributed by atoms with E-state index in [0.29, 0.717) is 0 Å². The molecule has 2 atom stereocenters. The highest BCUT2D eigenvalue weighted by molar-refractivity contribution is 9.11. The summed E-state index contributed by atoms with van der Waals surface area (Å²) in [7, 11) is 0. The molecule has 0 aliphatic heterocycles. The number of amides is 1. The molecule has 1 amide bonds. The van der Waals surface area contributed by atoms with Gasteiger partial charge in [-0.25, -0.2) is 0 Å². The highest BCUT2D eigenvalue weighted by Crippen LogP contribution is 2.32. The van der Waals surface area contributed by atoms with Gasteiger partial charge in [0.2, 0.25) is 5.91 Å². The number of hydrogen-bond donors (Lipinski definition) is 2. The molecule has 0 heterocycles. The van der Waals surface area contributed by atoms with Gasteiger partial charge in [-0.3, -0.25) is 4.79 Å². The van der Waals surface area contributed by atoms with Crippen LogP contribution in [0.5, 0.6) is 0 Å². The summed E-state index contributed by atoms with van der Waals surface area (Å²) < 4.78 is 1.74. The van der Waals surface area contributed by atoms with Crippen molar-refractivity contribution in [3.63, 3.8) is 0 Å². The fourth-order valence-corrected chi connectivity index (χ4v) is 3.51. The lowest BCUT2D eigenvalue weighted by molar-refractivity contribution is -0.121. The molecule has 1 aliphatic carbocycles. The molecule has 98 valence electrons. The Kier molecular flexibility index (Phi) is 4.81. The summed E-state index contributed by atoms with van der Waals surface area (Å²) in [5.74, 6) is -0.0486. The van der Waals surface area contributed by atoms with Crippen LogP contribution < -0.4 is 11.1 Å². The maximum atomic E-state index is 12.2. The number of rotatable bonds is 2. The molecule has 0 saturated heterocycles. The highest BCUT2D eigenvalue weighted by atomic mass is 79.9. The molecule has 1 fully saturated rings. The largest absolute Gasteiger partial charge is 0.327 e. The molecule has 5 heteroatoms. The first-order valence-corrected chi connectivity index (χ1v) is 7.68. The lowest BCUT2D eigenvalue weighted by atomic mass is 9.84. The highest BCUT2D eigenvalue weighted by Gasteiger charge is 2.28. The van der Waals surface area contributed by atoms with E-state index >= 15 is 0 Å². The molecule has 0 aromatic heterocycles. The van der Waals surface area contributed by atoms with Crippen molar-refractivity contribution in [3.8, 4) is 0 Å². The predicted octanol–water partition coefficient (Wildman–Crippen LogP) is 3.67. The van der Waals surface area contributed by atoms with Crippen molar-refractivity contribution in [2.75, 3.05) is 5.32 Å². The van der Waals surface area contributed by atoms with Crippen molar-refractivity contribution < 1.29 is 4.79 Å². The van der Waals surface area contributed by atoms with Crippen molar-refractivity contribution in [2.45, 2.75) is 31.7 Å². The Bertz CT molecular complexity index is 430. The number of nitrogens with two attached hydrogens (primary N) is 1. The normalized spacial score (nSPS) is 23.7. The van der Waals surface area contributed by atoms with Crippen LogP contribution in [0, 0.1) is 5.92 Å². The molecule has 0 spiro atoms. The summed E-state index contributed by atoms with van der Waals surface area (Å²) in [4.78, 5) is 12.2. The first kappa shape index (κ1) is 14.0. The van der Waals surface area contributed by atoms with E-state index in [1.165, 1.54) is 0 Å². The SMILES string of the molecule is NC1CCCCC1C(=O)Nc1c(Br)cccc1Br. The standard InChI is InChI=1S/C13H16Br2N2O/c14-9-5-3-6-10(15)12(9)17-13(18)8-4-1-2-7-11(8)16/h3,5-6,8,11H,1-2,4,7,16H2,(H,17,18). The number of benzene rings is 1. The lowest BCUT2D eigenvalue weighted by Gasteiger charge is -2.27. The average molecular weight is 376 g/mol. The quantitative estimate of drug-likeness (QED) is 0.828. The fraction of sp³-hybridized carbons (Fsp3) is 0.462. The molecule has 1 aromatic carbocycles. The predicted molar refractivity (Wildman–Crippen MR) is 80.4 cm³/mol. The van der Waals surface area contributed by atoms with Crippen LogP contribution in [0.15, 0.2) is 27.1 Å². The van der Waals surface area contributed by atoms with Gasteiger partial charge in [-0.15, -0.1) is 0 Å². The Morgan fingerprint density at radius 2 is 1.83 bits per heavy atom. The van der Waals surface area contributed by atoms with Crippen LogP contribution in [0.25, 0.3) is 0 Å². The number of nitrogens with one attached hydrogen (secondary N) is 1. The smallest absolute Gasteiger partial charge is 0.229 e. The third kappa shape index (κ3) is 3.13. The molecule has 3 nitrogen and oxygen atoms in total. The van der Waals surface area contributed by atoms with Gasteiger partial charge in [0.1, 0.15) is 0 Å². The van der Waals surface area contributed by atoms with Crippen LogP contribution in [-0.2, 0) is 4.79 Å². The first-order valence-electron chi connectivity index (χ1n) is 6.10. The topological polar surface area (TPSA) is 55.1 Å². The Morgan fingerprint density at radius 3 is 2.44 bits per heavy atom. The van der Waals surface area contributed by atoms with Gasteiger partial charge >= 0.3 is 0 Å². The molecule has 0 bridgehead atoms. The van der Waals surface area contributed by atoms with Crippen LogP contribution >= 0.6 is 31.9 Å². The molecule has 3 N–H and O–H groups in total. The first-order chi connectivity index (χ1) is 8.59. The summed E-state index contributed by atoms with van der Waals surface area (Å²) in [5, 5.41) is 2.97. The van der Waals surface area contributed by atoms with Crippen molar-refractivity contribution in [2.24, 2.45) is 11.7 Å². The third-order valence-electron chi connectivity index (χ3n) is 3.37. The van der Waals surface area contributed by atoms with E-state index in [4.69, 9.17) is 5.73 Å². The zero-order valence-electron chi connectivity index (χ0n) is 9.96. The molecule has 2 unspecified atom stereocenters. The van der Waals surface area contributed by atoms with Crippen LogP contribution in [0.1, 0.15) is 25.7 Å². The monoisotopic (exact) mass is 374 g/mol. The summed E-state index contributed by atoms with van der Waals surface area (Å²) in [6, 6.07) is 5.71. The zero-order chi connectivity index (χ0) is 13.1. The molecule has 1 saturated carbocycles. The lowest BCUT2D eigenvalue weighted by Crippen LogP contribution is -2.40. The maximum absolute atomic E-state index is 12.2. The number of hydrogen-bond acceptors (Lipinski definition) is 2. The van der Waals surface area contributed by atoms with Crippen molar-refractivity contribution in [3.05, 3.63) is 27.1 Å². The van der Waals surface area contributed by atoms with Crippen LogP contribution in [-0.4, -0.2) is 11.9 Å². The van der Waals surface area contributed by atoms with E-state index in [1.54, 1.807) is 0 Å². The molecule has 0 radical (unpaired) electrons. The molecule has 1 aliphatic rings. The average Bonchev–Trinajstić information content (AvgIpc) is 2.34. The van der Waals surface area contributed by atoms with Gasteiger partial charge in [0.15, 0.2) is 0 Å². The Hall–Kier alpha value is -0.390. The maximum Gasteiger partial charge on any atom is 0.229 e. The molecule has 2 rings (SSSR count). The van der Waals surface area contributed by atoms with Gasteiger partial charge < -0.3 is 11.1 Å². The van der Waals surface area contributed by atoms with Gasteiger partial charge in [0.05, 0.1) is 11.6 Å². The van der Waals surface area contributed by atoms with Crippen molar-refractivity contribution in [1.82, 2.24) is 0 Å². The van der Waals surface area contributed by atoms with E-state index in [0.717, 1.165) is 40.3 Å². The number of anilines is 1. The number of carbonyl (C=O) groups is 1. The van der Waals surface area contributed by atoms with E-state index in [-0.39, 0.29) is 17.9 Å². The van der Waals surface area contributed by atoms with E-state index in [2.05, 4.69) is 37.2 Å². The summed E-state index contributed by atoms with van der Waals surface area (Å²) in [5.41, 5.74) is 6.80. The molecular formula is C13H16Br2N2O. The Balaban J connectivity index is 2.11. The molecule has 1 aromatic rings. The van der Waals surface area contributed by atoms with E-state index in [1.807, 2.05) is 18.2 Å². The second-order valence-electron chi connectivity index (χ2n) is 4.64. The number of para-hydroxylation sites is 1. The molecular weight excluding hydrogens is 360 g/mol. The van der Waals surface area contributed by atoms with Gasteiger partial charge in [-0.05, 0) is 56.8 Å².